The zero-order chi connectivity index (χ0) is 11.5. The maximum Gasteiger partial charge on any atom is 0.0945 e. The lowest BCUT2D eigenvalue weighted by Gasteiger charge is -2.27. The molecular formula is C14H16N2. The summed E-state index contributed by atoms with van der Waals surface area (Å²) in [6.45, 7) is 6.04. The van der Waals surface area contributed by atoms with Gasteiger partial charge in [0.25, 0.3) is 0 Å². The van der Waals surface area contributed by atoms with Crippen LogP contribution in [0.5, 0.6) is 0 Å². The second-order valence-corrected chi connectivity index (χ2v) is 4.38. The minimum Gasteiger partial charge on any atom is -0.367 e. The highest BCUT2D eigenvalue weighted by molar-refractivity contribution is 5.52. The van der Waals surface area contributed by atoms with Gasteiger partial charge >= 0.3 is 0 Å². The van der Waals surface area contributed by atoms with E-state index in [2.05, 4.69) is 43.0 Å². The minimum absolute atomic E-state index is 0.853. The first-order chi connectivity index (χ1) is 7.69. The lowest BCUT2D eigenvalue weighted by atomic mass is 10.1. The zero-order valence-electron chi connectivity index (χ0n) is 9.83. The van der Waals surface area contributed by atoms with Gasteiger partial charge in [-0.15, -0.1) is 0 Å². The van der Waals surface area contributed by atoms with Crippen LogP contribution in [-0.4, -0.2) is 13.1 Å². The first-order valence-corrected chi connectivity index (χ1v) is 5.61. The first kappa shape index (κ1) is 10.8. The van der Waals surface area contributed by atoms with Crippen molar-refractivity contribution >= 4 is 5.69 Å². The number of nitrogens with zero attached hydrogens (tertiary/aromatic N) is 2. The molecule has 1 aromatic rings. The van der Waals surface area contributed by atoms with Gasteiger partial charge in [0.2, 0.25) is 0 Å². The van der Waals surface area contributed by atoms with Gasteiger partial charge in [0, 0.05) is 24.4 Å². The van der Waals surface area contributed by atoms with Crippen LogP contribution < -0.4 is 4.90 Å². The average molecular weight is 212 g/mol. The van der Waals surface area contributed by atoms with Crippen molar-refractivity contribution in [2.45, 2.75) is 20.3 Å². The predicted octanol–water partition coefficient (Wildman–Crippen LogP) is 2.96. The molecule has 1 aliphatic rings. The van der Waals surface area contributed by atoms with Crippen LogP contribution in [0.15, 0.2) is 29.8 Å². The molecule has 0 aromatic heterocycles. The highest BCUT2D eigenvalue weighted by atomic mass is 15.1. The van der Waals surface area contributed by atoms with Crippen molar-refractivity contribution < 1.29 is 0 Å². The Morgan fingerprint density at radius 2 is 1.88 bits per heavy atom. The van der Waals surface area contributed by atoms with Crippen LogP contribution in [0.25, 0.3) is 0 Å². The van der Waals surface area contributed by atoms with Crippen LogP contribution in [0, 0.1) is 25.2 Å². The van der Waals surface area contributed by atoms with Gasteiger partial charge in [0.15, 0.2) is 0 Å². The molecule has 0 N–H and O–H groups in total. The molecule has 1 aromatic carbocycles. The Kier molecular flexibility index (Phi) is 2.96. The molecule has 1 aliphatic heterocycles. The van der Waals surface area contributed by atoms with E-state index < -0.39 is 0 Å². The molecular weight excluding hydrogens is 196 g/mol. The maximum absolute atomic E-state index is 8.80. The van der Waals surface area contributed by atoms with E-state index in [9.17, 15) is 0 Å². The van der Waals surface area contributed by atoms with Gasteiger partial charge in [-0.25, -0.2) is 0 Å². The van der Waals surface area contributed by atoms with Crippen molar-refractivity contribution in [3.05, 3.63) is 41.0 Å². The maximum atomic E-state index is 8.80. The smallest absolute Gasteiger partial charge is 0.0945 e. The van der Waals surface area contributed by atoms with Gasteiger partial charge in [-0.2, -0.15) is 5.26 Å². The molecule has 0 amide bonds. The van der Waals surface area contributed by atoms with Crippen molar-refractivity contribution in [3.8, 4) is 6.07 Å². The molecule has 0 atom stereocenters. The monoisotopic (exact) mass is 212 g/mol. The number of benzene rings is 1. The Hall–Kier alpha value is -1.75. The van der Waals surface area contributed by atoms with E-state index in [1.807, 2.05) is 6.08 Å². The van der Waals surface area contributed by atoms with Gasteiger partial charge in [-0.05, 0) is 43.5 Å². The van der Waals surface area contributed by atoms with Crippen LogP contribution in [0.2, 0.25) is 0 Å². The van der Waals surface area contributed by atoms with Gasteiger partial charge in [0.05, 0.1) is 6.07 Å². The van der Waals surface area contributed by atoms with Crippen molar-refractivity contribution in [2.75, 3.05) is 18.0 Å². The number of rotatable bonds is 1. The molecule has 0 radical (unpaired) electrons. The number of anilines is 1. The zero-order valence-corrected chi connectivity index (χ0v) is 9.83. The van der Waals surface area contributed by atoms with E-state index in [0.29, 0.717) is 0 Å². The average Bonchev–Trinajstić information content (AvgIpc) is 2.28. The molecule has 2 heteroatoms. The summed E-state index contributed by atoms with van der Waals surface area (Å²) in [4.78, 5) is 2.32. The van der Waals surface area contributed by atoms with E-state index in [1.54, 1.807) is 0 Å². The highest BCUT2D eigenvalue weighted by Crippen LogP contribution is 2.22. The first-order valence-electron chi connectivity index (χ1n) is 5.61. The molecule has 16 heavy (non-hydrogen) atoms. The van der Waals surface area contributed by atoms with Crippen LogP contribution in [-0.2, 0) is 0 Å². The lowest BCUT2D eigenvalue weighted by molar-refractivity contribution is 0.801. The van der Waals surface area contributed by atoms with Gasteiger partial charge in [-0.3, -0.25) is 0 Å². The summed E-state index contributed by atoms with van der Waals surface area (Å²) in [5, 5.41) is 8.80. The van der Waals surface area contributed by atoms with E-state index in [4.69, 9.17) is 5.26 Å². The SMILES string of the molecule is Cc1cc(C)cc(N2CC=C(C#N)CC2)c1. The summed E-state index contributed by atoms with van der Waals surface area (Å²) in [5.74, 6) is 0. The van der Waals surface area contributed by atoms with Crippen LogP contribution in [0.4, 0.5) is 5.69 Å². The minimum atomic E-state index is 0.853. The fourth-order valence-electron chi connectivity index (χ4n) is 2.14. The number of hydrogen-bond acceptors (Lipinski definition) is 2. The van der Waals surface area contributed by atoms with E-state index in [-0.39, 0.29) is 0 Å². The fraction of sp³-hybridized carbons (Fsp3) is 0.357. The predicted molar refractivity (Wildman–Crippen MR) is 66.4 cm³/mol. The van der Waals surface area contributed by atoms with Gasteiger partial charge in [0.1, 0.15) is 0 Å². The Labute approximate surface area is 96.8 Å². The summed E-state index contributed by atoms with van der Waals surface area (Å²) in [6, 6.07) is 8.83. The molecule has 0 spiro atoms. The standard InChI is InChI=1S/C14H16N2/c1-11-7-12(2)9-14(8-11)16-5-3-13(10-15)4-6-16/h3,7-9H,4-6H2,1-2H3. The van der Waals surface area contributed by atoms with Gasteiger partial charge < -0.3 is 4.90 Å². The van der Waals surface area contributed by atoms with Crippen molar-refractivity contribution in [2.24, 2.45) is 0 Å². The Morgan fingerprint density at radius 1 is 1.19 bits per heavy atom. The van der Waals surface area contributed by atoms with Crippen molar-refractivity contribution in [3.63, 3.8) is 0 Å². The molecule has 0 aliphatic carbocycles. The summed E-state index contributed by atoms with van der Waals surface area (Å²) >= 11 is 0. The Balaban J connectivity index is 2.21. The topological polar surface area (TPSA) is 27.0 Å². The Bertz CT molecular complexity index is 446. The lowest BCUT2D eigenvalue weighted by Crippen LogP contribution is -2.28. The summed E-state index contributed by atoms with van der Waals surface area (Å²) in [7, 11) is 0. The normalized spacial score (nSPS) is 15.6. The molecule has 2 nitrogen and oxygen atoms in total. The molecule has 0 bridgehead atoms. The summed E-state index contributed by atoms with van der Waals surface area (Å²) < 4.78 is 0. The largest absolute Gasteiger partial charge is 0.367 e. The number of aryl methyl sites for hydroxylation is 2. The van der Waals surface area contributed by atoms with E-state index >= 15 is 0 Å². The third kappa shape index (κ3) is 2.25. The molecule has 0 saturated carbocycles. The third-order valence-electron chi connectivity index (χ3n) is 2.92. The highest BCUT2D eigenvalue weighted by Gasteiger charge is 2.12. The molecule has 82 valence electrons. The van der Waals surface area contributed by atoms with Crippen molar-refractivity contribution in [1.29, 1.82) is 5.26 Å². The number of hydrogen-bond donors (Lipinski definition) is 0. The van der Waals surface area contributed by atoms with Gasteiger partial charge in [-0.1, -0.05) is 12.1 Å². The van der Waals surface area contributed by atoms with Crippen LogP contribution in [0.1, 0.15) is 17.5 Å². The molecule has 0 fully saturated rings. The molecule has 0 unspecified atom stereocenters. The second kappa shape index (κ2) is 4.40. The van der Waals surface area contributed by atoms with Crippen LogP contribution in [0.3, 0.4) is 0 Å². The molecule has 2 rings (SSSR count). The van der Waals surface area contributed by atoms with Crippen molar-refractivity contribution in [1.82, 2.24) is 0 Å². The number of nitriles is 1. The third-order valence-corrected chi connectivity index (χ3v) is 2.92. The molecule has 1 heterocycles. The Morgan fingerprint density at radius 3 is 2.38 bits per heavy atom. The second-order valence-electron chi connectivity index (χ2n) is 4.38. The fourth-order valence-corrected chi connectivity index (χ4v) is 2.14. The van der Waals surface area contributed by atoms with Crippen LogP contribution >= 0.6 is 0 Å². The summed E-state index contributed by atoms with van der Waals surface area (Å²) in [6.07, 6.45) is 2.89. The molecule has 0 saturated heterocycles. The summed E-state index contributed by atoms with van der Waals surface area (Å²) in [5.41, 5.74) is 4.78. The quantitative estimate of drug-likeness (QED) is 0.715. The van der Waals surface area contributed by atoms with E-state index in [0.717, 1.165) is 25.1 Å². The van der Waals surface area contributed by atoms with E-state index in [1.165, 1.54) is 16.8 Å².